The summed E-state index contributed by atoms with van der Waals surface area (Å²) in [5.41, 5.74) is 1.32. The first-order valence-electron chi connectivity index (χ1n) is 7.68. The fourth-order valence-electron chi connectivity index (χ4n) is 2.52. The zero-order chi connectivity index (χ0) is 18.1. The molecule has 8 heteroatoms. The van der Waals surface area contributed by atoms with Gasteiger partial charge in [-0.2, -0.15) is 0 Å². The van der Waals surface area contributed by atoms with Gasteiger partial charge in [-0.25, -0.2) is 9.37 Å². The van der Waals surface area contributed by atoms with Gasteiger partial charge in [0.15, 0.2) is 16.6 Å². The third-order valence-corrected chi connectivity index (χ3v) is 4.95. The second kappa shape index (κ2) is 6.93. The van der Waals surface area contributed by atoms with Crippen LogP contribution in [0, 0.1) is 5.82 Å². The molecule has 2 aromatic carbocycles. The molecule has 0 bridgehead atoms. The molecule has 1 aliphatic rings. The van der Waals surface area contributed by atoms with Gasteiger partial charge in [-0.1, -0.05) is 23.7 Å². The maximum atomic E-state index is 13.0. The average molecular weight is 391 g/mol. The second-order valence-corrected chi connectivity index (χ2v) is 7.10. The Balaban J connectivity index is 1.46. The number of nitrogens with one attached hydrogen (secondary N) is 1. The molecule has 0 atom stereocenters. The number of amides is 1. The minimum atomic E-state index is -0.340. The molecule has 1 aromatic heterocycles. The van der Waals surface area contributed by atoms with E-state index in [1.165, 1.54) is 29.5 Å². The van der Waals surface area contributed by atoms with Crippen LogP contribution in [0.15, 0.2) is 42.6 Å². The van der Waals surface area contributed by atoms with Gasteiger partial charge in [0.05, 0.1) is 5.02 Å². The van der Waals surface area contributed by atoms with Gasteiger partial charge in [0.2, 0.25) is 6.79 Å². The number of hydrogen-bond donors (Lipinski definition) is 1. The van der Waals surface area contributed by atoms with Crippen molar-refractivity contribution in [3.63, 3.8) is 0 Å². The standard InChI is InChI=1S/C18H12ClFN2O3S/c19-14-6-11(7-15-16(14)25-9-24-15)17(23)22-18-21-8-13(26-18)5-10-1-3-12(20)4-2-10/h1-4,6-8H,5,9H2,(H,21,22,23). The van der Waals surface area contributed by atoms with E-state index in [0.29, 0.717) is 33.6 Å². The number of ether oxygens (including phenoxy) is 2. The van der Waals surface area contributed by atoms with E-state index in [9.17, 15) is 9.18 Å². The lowest BCUT2D eigenvalue weighted by Gasteiger charge is -2.05. The summed E-state index contributed by atoms with van der Waals surface area (Å²) in [4.78, 5) is 17.6. The summed E-state index contributed by atoms with van der Waals surface area (Å²) < 4.78 is 23.5. The first-order chi connectivity index (χ1) is 12.6. The Hall–Kier alpha value is -2.64. The number of halogens is 2. The van der Waals surface area contributed by atoms with E-state index in [1.807, 2.05) is 0 Å². The fourth-order valence-corrected chi connectivity index (χ4v) is 3.63. The Kier molecular flexibility index (Phi) is 4.48. The highest BCUT2D eigenvalue weighted by Gasteiger charge is 2.21. The smallest absolute Gasteiger partial charge is 0.257 e. The van der Waals surface area contributed by atoms with E-state index < -0.39 is 0 Å². The summed E-state index contributed by atoms with van der Waals surface area (Å²) in [6, 6.07) is 9.39. The number of carbonyl (C=O) groups excluding carboxylic acids is 1. The molecule has 2 heterocycles. The van der Waals surface area contributed by atoms with Crippen molar-refractivity contribution in [2.75, 3.05) is 12.1 Å². The van der Waals surface area contributed by atoms with Crippen LogP contribution >= 0.6 is 22.9 Å². The Bertz CT molecular complexity index is 975. The molecule has 3 aromatic rings. The van der Waals surface area contributed by atoms with Crippen molar-refractivity contribution in [2.45, 2.75) is 6.42 Å². The van der Waals surface area contributed by atoms with Crippen molar-refractivity contribution in [3.8, 4) is 11.5 Å². The molecule has 1 N–H and O–H groups in total. The highest BCUT2D eigenvalue weighted by atomic mass is 35.5. The number of anilines is 1. The Labute approximate surface area is 157 Å². The predicted octanol–water partition coefficient (Wildman–Crippen LogP) is 4.51. The average Bonchev–Trinajstić information content (AvgIpc) is 3.26. The number of nitrogens with zero attached hydrogens (tertiary/aromatic N) is 1. The molecular formula is C18H12ClFN2O3S. The van der Waals surface area contributed by atoms with Gasteiger partial charge in [0.1, 0.15) is 5.82 Å². The van der Waals surface area contributed by atoms with Crippen LogP contribution in [0.4, 0.5) is 9.52 Å². The van der Waals surface area contributed by atoms with Crippen LogP contribution in [0.3, 0.4) is 0 Å². The van der Waals surface area contributed by atoms with Gasteiger partial charge in [-0.3, -0.25) is 10.1 Å². The van der Waals surface area contributed by atoms with E-state index in [4.69, 9.17) is 21.1 Å². The predicted molar refractivity (Wildman–Crippen MR) is 96.8 cm³/mol. The largest absolute Gasteiger partial charge is 0.454 e. The third kappa shape index (κ3) is 3.49. The zero-order valence-electron chi connectivity index (χ0n) is 13.3. The van der Waals surface area contributed by atoms with Crippen LogP contribution in [0.2, 0.25) is 5.02 Å². The Morgan fingerprint density at radius 2 is 2.08 bits per heavy atom. The van der Waals surface area contributed by atoms with Gasteiger partial charge < -0.3 is 9.47 Å². The lowest BCUT2D eigenvalue weighted by atomic mass is 10.1. The van der Waals surface area contributed by atoms with Gasteiger partial charge in [-0.15, -0.1) is 11.3 Å². The van der Waals surface area contributed by atoms with Crippen LogP contribution in [-0.4, -0.2) is 17.7 Å². The monoisotopic (exact) mass is 390 g/mol. The quantitative estimate of drug-likeness (QED) is 0.712. The molecule has 26 heavy (non-hydrogen) atoms. The molecule has 5 nitrogen and oxygen atoms in total. The molecule has 0 fully saturated rings. The number of rotatable bonds is 4. The number of benzene rings is 2. The van der Waals surface area contributed by atoms with E-state index in [0.717, 1.165) is 10.4 Å². The molecule has 0 aliphatic carbocycles. The van der Waals surface area contributed by atoms with Crippen molar-refractivity contribution in [3.05, 3.63) is 69.4 Å². The summed E-state index contributed by atoms with van der Waals surface area (Å²) in [6.45, 7) is 0.0827. The van der Waals surface area contributed by atoms with Crippen LogP contribution < -0.4 is 14.8 Å². The summed E-state index contributed by atoms with van der Waals surface area (Å²) in [7, 11) is 0. The molecule has 1 aliphatic heterocycles. The van der Waals surface area contributed by atoms with Gasteiger partial charge >= 0.3 is 0 Å². The summed E-state index contributed by atoms with van der Waals surface area (Å²) >= 11 is 7.46. The second-order valence-electron chi connectivity index (χ2n) is 5.58. The maximum Gasteiger partial charge on any atom is 0.257 e. The van der Waals surface area contributed by atoms with E-state index in [2.05, 4.69) is 10.3 Å². The Morgan fingerprint density at radius 1 is 1.27 bits per heavy atom. The lowest BCUT2D eigenvalue weighted by molar-refractivity contribution is 0.102. The Morgan fingerprint density at radius 3 is 2.88 bits per heavy atom. The van der Waals surface area contributed by atoms with Gasteiger partial charge in [0, 0.05) is 23.1 Å². The lowest BCUT2D eigenvalue weighted by Crippen LogP contribution is -2.11. The number of thiazole rings is 1. The molecule has 0 saturated heterocycles. The van der Waals surface area contributed by atoms with E-state index in [1.54, 1.807) is 24.4 Å². The first kappa shape index (κ1) is 16.8. The molecule has 0 spiro atoms. The highest BCUT2D eigenvalue weighted by Crippen LogP contribution is 2.40. The number of aromatic nitrogens is 1. The fraction of sp³-hybridized carbons (Fsp3) is 0.111. The first-order valence-corrected chi connectivity index (χ1v) is 8.87. The molecule has 0 saturated carbocycles. The van der Waals surface area contributed by atoms with Crippen molar-refractivity contribution < 1.29 is 18.7 Å². The molecule has 0 unspecified atom stereocenters. The zero-order valence-corrected chi connectivity index (χ0v) is 14.9. The summed E-state index contributed by atoms with van der Waals surface area (Å²) in [5, 5.41) is 3.54. The molecular weight excluding hydrogens is 379 g/mol. The van der Waals surface area contributed by atoms with Crippen LogP contribution in [0.1, 0.15) is 20.8 Å². The normalized spacial score (nSPS) is 12.2. The molecule has 132 valence electrons. The van der Waals surface area contributed by atoms with Crippen LogP contribution in [0.5, 0.6) is 11.5 Å². The van der Waals surface area contributed by atoms with Crippen molar-refractivity contribution in [2.24, 2.45) is 0 Å². The minimum Gasteiger partial charge on any atom is -0.454 e. The number of fused-ring (bicyclic) bond motifs is 1. The van der Waals surface area contributed by atoms with Crippen LogP contribution in [0.25, 0.3) is 0 Å². The molecule has 1 amide bonds. The SMILES string of the molecule is O=C(Nc1ncc(Cc2ccc(F)cc2)s1)c1cc(Cl)c2c(c1)OCO2. The number of carbonyl (C=O) groups is 1. The van der Waals surface area contributed by atoms with Crippen LogP contribution in [-0.2, 0) is 6.42 Å². The maximum absolute atomic E-state index is 13.0. The topological polar surface area (TPSA) is 60.5 Å². The minimum absolute atomic E-state index is 0.0827. The third-order valence-electron chi connectivity index (χ3n) is 3.76. The molecule has 0 radical (unpaired) electrons. The van der Waals surface area contributed by atoms with Gasteiger partial charge in [-0.05, 0) is 29.8 Å². The summed E-state index contributed by atoms with van der Waals surface area (Å²) in [6.07, 6.45) is 2.31. The summed E-state index contributed by atoms with van der Waals surface area (Å²) in [5.74, 6) is 0.277. The van der Waals surface area contributed by atoms with E-state index in [-0.39, 0.29) is 18.5 Å². The molecule has 4 rings (SSSR count). The van der Waals surface area contributed by atoms with Crippen molar-refractivity contribution >= 4 is 34.0 Å². The van der Waals surface area contributed by atoms with Crippen molar-refractivity contribution in [1.29, 1.82) is 0 Å². The van der Waals surface area contributed by atoms with E-state index >= 15 is 0 Å². The number of hydrogen-bond acceptors (Lipinski definition) is 5. The van der Waals surface area contributed by atoms with Gasteiger partial charge in [0.25, 0.3) is 5.91 Å². The van der Waals surface area contributed by atoms with Crippen molar-refractivity contribution in [1.82, 2.24) is 4.98 Å². The highest BCUT2D eigenvalue weighted by molar-refractivity contribution is 7.15.